The number of piperidine rings is 1. The summed E-state index contributed by atoms with van der Waals surface area (Å²) in [4.78, 5) is 40.3. The lowest BCUT2D eigenvalue weighted by atomic mass is 9.82. The number of nitrogens with zero attached hydrogens (tertiary/aromatic N) is 3. The monoisotopic (exact) mass is 435 g/mol. The van der Waals surface area contributed by atoms with Gasteiger partial charge >= 0.3 is 11.8 Å². The van der Waals surface area contributed by atoms with Crippen molar-refractivity contribution >= 4 is 12.0 Å². The molecule has 4 rings (SSSR count). The highest BCUT2D eigenvalue weighted by molar-refractivity contribution is 5.85. The third-order valence-corrected chi connectivity index (χ3v) is 5.93. The normalized spacial score (nSPS) is 20.5. The quantitative estimate of drug-likeness (QED) is 0.639. The van der Waals surface area contributed by atoms with E-state index < -0.39 is 17.3 Å². The van der Waals surface area contributed by atoms with E-state index in [4.69, 9.17) is 4.74 Å². The van der Waals surface area contributed by atoms with Gasteiger partial charge in [0.2, 0.25) is 5.91 Å². The number of carbonyl (C=O) groups is 2. The summed E-state index contributed by atoms with van der Waals surface area (Å²) in [6, 6.07) is 18.7. The van der Waals surface area contributed by atoms with E-state index in [1.807, 2.05) is 60.7 Å². The maximum Gasteiger partial charge on any atom is 0.410 e. The van der Waals surface area contributed by atoms with Gasteiger partial charge in [0.05, 0.1) is 12.6 Å². The molecule has 0 bridgehead atoms. The van der Waals surface area contributed by atoms with Crippen LogP contribution in [0.5, 0.6) is 0 Å². The number of nitrogens with one attached hydrogen (secondary N) is 2. The zero-order valence-electron chi connectivity index (χ0n) is 17.7. The molecule has 2 atom stereocenters. The van der Waals surface area contributed by atoms with Gasteiger partial charge in [-0.15, -0.1) is 0 Å². The number of hydrogen-bond acceptors (Lipinski definition) is 5. The molecule has 1 aliphatic rings. The maximum atomic E-state index is 13.3. The first-order valence-electron chi connectivity index (χ1n) is 10.4. The molecule has 9 nitrogen and oxygen atoms in total. The number of amides is 2. The molecule has 32 heavy (non-hydrogen) atoms. The third kappa shape index (κ3) is 4.01. The average Bonchev–Trinajstić information content (AvgIpc) is 3.29. The summed E-state index contributed by atoms with van der Waals surface area (Å²) < 4.78 is 6.89. The highest BCUT2D eigenvalue weighted by atomic mass is 16.6. The second-order valence-corrected chi connectivity index (χ2v) is 7.78. The Kier molecular flexibility index (Phi) is 6.07. The molecule has 0 radical (unpaired) electrons. The van der Waals surface area contributed by atoms with E-state index in [0.29, 0.717) is 12.8 Å². The molecule has 2 aromatic carbocycles. The molecule has 3 aromatic rings. The lowest BCUT2D eigenvalue weighted by Crippen LogP contribution is -2.61. The summed E-state index contributed by atoms with van der Waals surface area (Å²) >= 11 is 0. The Bertz CT molecular complexity index is 1130. The fraction of sp³-hybridized carbons (Fsp3) is 0.304. The highest BCUT2D eigenvalue weighted by Gasteiger charge is 2.49. The molecular weight excluding hydrogens is 410 g/mol. The van der Waals surface area contributed by atoms with E-state index >= 15 is 0 Å². The van der Waals surface area contributed by atoms with Crippen molar-refractivity contribution in [3.8, 4) is 0 Å². The second kappa shape index (κ2) is 9.09. The van der Waals surface area contributed by atoms with Crippen LogP contribution in [-0.4, -0.2) is 45.3 Å². The van der Waals surface area contributed by atoms with E-state index in [1.54, 1.807) is 0 Å². The van der Waals surface area contributed by atoms with Crippen LogP contribution in [0.4, 0.5) is 4.79 Å². The van der Waals surface area contributed by atoms with Gasteiger partial charge in [0.15, 0.2) is 0 Å². The van der Waals surface area contributed by atoms with Gasteiger partial charge in [-0.1, -0.05) is 60.7 Å². The number of aromatic amines is 1. The first kappa shape index (κ1) is 21.4. The van der Waals surface area contributed by atoms with Crippen molar-refractivity contribution in [2.45, 2.75) is 31.0 Å². The van der Waals surface area contributed by atoms with Gasteiger partial charge < -0.3 is 10.1 Å². The van der Waals surface area contributed by atoms with E-state index in [9.17, 15) is 14.4 Å². The Hall–Kier alpha value is -3.88. The first-order chi connectivity index (χ1) is 15.5. The lowest BCUT2D eigenvalue weighted by molar-refractivity contribution is -0.133. The van der Waals surface area contributed by atoms with E-state index in [1.165, 1.54) is 22.8 Å². The van der Waals surface area contributed by atoms with Crippen LogP contribution in [0.2, 0.25) is 0 Å². The molecule has 2 amide bonds. The predicted molar refractivity (Wildman–Crippen MR) is 117 cm³/mol. The van der Waals surface area contributed by atoms with Crippen LogP contribution in [0.15, 0.2) is 71.8 Å². The van der Waals surface area contributed by atoms with Crippen molar-refractivity contribution in [1.29, 1.82) is 0 Å². The minimum Gasteiger partial charge on any atom is -0.445 e. The van der Waals surface area contributed by atoms with Crippen LogP contribution in [0.25, 0.3) is 0 Å². The first-order valence-corrected chi connectivity index (χ1v) is 10.4. The summed E-state index contributed by atoms with van der Waals surface area (Å²) in [5.74, 6) is -0.367. The molecule has 166 valence electrons. The SMILES string of the molecule is CNC(=O)C1(n2cn[nH]c2=O)CC[C@@H](c2ccccc2)N(C(=O)OCc2ccccc2)C1. The van der Waals surface area contributed by atoms with Crippen LogP contribution in [0.1, 0.15) is 30.0 Å². The number of carbonyl (C=O) groups excluding carboxylic acids is 2. The topological polar surface area (TPSA) is 109 Å². The highest BCUT2D eigenvalue weighted by Crippen LogP contribution is 2.39. The molecule has 1 fully saturated rings. The molecule has 1 unspecified atom stereocenters. The lowest BCUT2D eigenvalue weighted by Gasteiger charge is -2.45. The number of likely N-dealkylation sites (tertiary alicyclic amines) is 1. The van der Waals surface area contributed by atoms with Crippen LogP contribution < -0.4 is 11.0 Å². The third-order valence-electron chi connectivity index (χ3n) is 5.93. The van der Waals surface area contributed by atoms with E-state index in [-0.39, 0.29) is 25.1 Å². The van der Waals surface area contributed by atoms with Gasteiger partial charge in [0, 0.05) is 7.05 Å². The van der Waals surface area contributed by atoms with Crippen molar-refractivity contribution in [1.82, 2.24) is 25.0 Å². The number of aromatic nitrogens is 3. The summed E-state index contributed by atoms with van der Waals surface area (Å²) in [7, 11) is 1.51. The van der Waals surface area contributed by atoms with Gasteiger partial charge in [0.25, 0.3) is 0 Å². The largest absolute Gasteiger partial charge is 0.445 e. The van der Waals surface area contributed by atoms with Gasteiger partial charge in [-0.3, -0.25) is 14.3 Å². The van der Waals surface area contributed by atoms with Gasteiger partial charge in [-0.05, 0) is 24.0 Å². The van der Waals surface area contributed by atoms with Crippen molar-refractivity contribution in [3.63, 3.8) is 0 Å². The van der Waals surface area contributed by atoms with Gasteiger partial charge in [0.1, 0.15) is 18.5 Å². The minimum absolute atomic E-state index is 0.0285. The van der Waals surface area contributed by atoms with Crippen LogP contribution in [0, 0.1) is 0 Å². The fourth-order valence-electron chi connectivity index (χ4n) is 4.30. The second-order valence-electron chi connectivity index (χ2n) is 7.78. The van der Waals surface area contributed by atoms with Gasteiger partial charge in [-0.25, -0.2) is 14.7 Å². The Morgan fingerprint density at radius 2 is 1.84 bits per heavy atom. The number of likely N-dealkylation sites (N-methyl/N-ethyl adjacent to an activating group) is 1. The number of ether oxygens (including phenoxy) is 1. The van der Waals surface area contributed by atoms with E-state index in [0.717, 1.165) is 11.1 Å². The molecular formula is C23H25N5O4. The Morgan fingerprint density at radius 3 is 2.47 bits per heavy atom. The summed E-state index contributed by atoms with van der Waals surface area (Å²) in [5.41, 5.74) is -0.00750. The summed E-state index contributed by atoms with van der Waals surface area (Å²) in [5, 5.41) is 8.78. The number of H-pyrrole nitrogens is 1. The molecule has 1 saturated heterocycles. The van der Waals surface area contributed by atoms with Crippen molar-refractivity contribution in [2.24, 2.45) is 0 Å². The minimum atomic E-state index is -1.30. The molecule has 1 aliphatic heterocycles. The average molecular weight is 435 g/mol. The molecule has 2 heterocycles. The number of rotatable bonds is 5. The molecule has 0 aliphatic carbocycles. The molecule has 2 N–H and O–H groups in total. The van der Waals surface area contributed by atoms with Crippen LogP contribution in [0.3, 0.4) is 0 Å². The maximum absolute atomic E-state index is 13.3. The smallest absolute Gasteiger partial charge is 0.410 e. The molecule has 0 spiro atoms. The van der Waals surface area contributed by atoms with Gasteiger partial charge in [-0.2, -0.15) is 5.10 Å². The van der Waals surface area contributed by atoms with Crippen LogP contribution in [-0.2, 0) is 21.7 Å². The van der Waals surface area contributed by atoms with Crippen molar-refractivity contribution in [3.05, 3.63) is 88.6 Å². The zero-order chi connectivity index (χ0) is 22.6. The summed E-state index contributed by atoms with van der Waals surface area (Å²) in [6.45, 7) is 0.0790. The van der Waals surface area contributed by atoms with Crippen molar-refractivity contribution in [2.75, 3.05) is 13.6 Å². The Labute approximate surface area is 185 Å². The number of hydrogen-bond donors (Lipinski definition) is 2. The van der Waals surface area contributed by atoms with Crippen molar-refractivity contribution < 1.29 is 14.3 Å². The molecule has 1 aromatic heterocycles. The number of benzene rings is 2. The molecule has 0 saturated carbocycles. The predicted octanol–water partition coefficient (Wildman–Crippen LogP) is 2.19. The zero-order valence-corrected chi connectivity index (χ0v) is 17.7. The van der Waals surface area contributed by atoms with Crippen LogP contribution >= 0.6 is 0 Å². The Morgan fingerprint density at radius 1 is 1.16 bits per heavy atom. The van der Waals surface area contributed by atoms with E-state index in [2.05, 4.69) is 15.5 Å². The fourth-order valence-corrected chi connectivity index (χ4v) is 4.30. The standard InChI is InChI=1S/C23H25N5O4/c1-24-20(29)23(28-16-25-26-21(28)30)13-12-19(18-10-6-3-7-11-18)27(15-23)22(31)32-14-17-8-4-2-5-9-17/h2-11,16,19H,12-15H2,1H3,(H,24,29)(H,26,30)/t19-,23?/m0/s1. The Balaban J connectivity index is 1.68. The summed E-state index contributed by atoms with van der Waals surface area (Å²) in [6.07, 6.45) is 1.57. The molecule has 9 heteroatoms.